The van der Waals surface area contributed by atoms with Gasteiger partial charge in [-0.1, -0.05) is 72.3 Å². The molecule has 0 spiro atoms. The Hall–Kier alpha value is -1.90. The summed E-state index contributed by atoms with van der Waals surface area (Å²) in [7, 11) is 0. The molecule has 2 rings (SSSR count). The van der Waals surface area contributed by atoms with Crippen molar-refractivity contribution in [3.63, 3.8) is 0 Å². The van der Waals surface area contributed by atoms with Crippen molar-refractivity contribution >= 4 is 6.08 Å². The van der Waals surface area contributed by atoms with Crippen molar-refractivity contribution in [2.24, 2.45) is 0 Å². The fourth-order valence-electron chi connectivity index (χ4n) is 2.43. The molecule has 2 nitrogen and oxygen atoms in total. The molecule has 0 heterocycles. The van der Waals surface area contributed by atoms with Gasteiger partial charge in [-0.3, -0.25) is 4.90 Å². The minimum atomic E-state index is 0.186. The van der Waals surface area contributed by atoms with Crippen LogP contribution < -0.4 is 0 Å². The molecule has 2 aromatic carbocycles. The van der Waals surface area contributed by atoms with E-state index in [1.165, 1.54) is 16.7 Å². The first kappa shape index (κ1) is 15.5. The van der Waals surface area contributed by atoms with Gasteiger partial charge in [0.15, 0.2) is 0 Å². The van der Waals surface area contributed by atoms with E-state index in [1.54, 1.807) is 0 Å². The molecule has 0 bridgehead atoms. The predicted octanol–water partition coefficient (Wildman–Crippen LogP) is 3.58. The van der Waals surface area contributed by atoms with Crippen molar-refractivity contribution in [2.45, 2.75) is 13.5 Å². The Bertz CT molecular complexity index is 548. The molecule has 0 saturated heterocycles. The van der Waals surface area contributed by atoms with Gasteiger partial charge in [-0.25, -0.2) is 0 Å². The molecule has 0 aliphatic rings. The standard InChI is InChI=1S/C19H23NO/c1-17(14-18-8-4-2-5-9-18)15-20(12-13-21)16-19-10-6-3-7-11-19/h2-11,14,21H,12-13,15-16H2,1H3. The fraction of sp³-hybridized carbons (Fsp3) is 0.263. The summed E-state index contributed by atoms with van der Waals surface area (Å²) in [6.07, 6.45) is 2.20. The smallest absolute Gasteiger partial charge is 0.0558 e. The molecule has 0 fully saturated rings. The second-order valence-corrected chi connectivity index (χ2v) is 5.32. The van der Waals surface area contributed by atoms with Crippen LogP contribution in [-0.2, 0) is 6.54 Å². The quantitative estimate of drug-likeness (QED) is 0.838. The molecule has 2 aromatic rings. The maximum absolute atomic E-state index is 9.26. The average molecular weight is 281 g/mol. The molecule has 0 radical (unpaired) electrons. The van der Waals surface area contributed by atoms with Crippen LogP contribution in [0.1, 0.15) is 18.1 Å². The Kier molecular flexibility index (Phi) is 6.20. The van der Waals surface area contributed by atoms with Crippen LogP contribution in [0.2, 0.25) is 0 Å². The summed E-state index contributed by atoms with van der Waals surface area (Å²) in [5.74, 6) is 0. The van der Waals surface area contributed by atoms with E-state index >= 15 is 0 Å². The number of benzene rings is 2. The first-order valence-corrected chi connectivity index (χ1v) is 7.37. The van der Waals surface area contributed by atoms with Crippen LogP contribution in [0.5, 0.6) is 0 Å². The first-order chi connectivity index (χ1) is 10.3. The Labute approximate surface area is 127 Å². The third-order valence-corrected chi connectivity index (χ3v) is 3.35. The first-order valence-electron chi connectivity index (χ1n) is 7.37. The molecule has 0 atom stereocenters. The second-order valence-electron chi connectivity index (χ2n) is 5.32. The van der Waals surface area contributed by atoms with Crippen LogP contribution in [0, 0.1) is 0 Å². The van der Waals surface area contributed by atoms with Crippen LogP contribution in [0.15, 0.2) is 66.2 Å². The molecule has 0 aliphatic heterocycles. The maximum atomic E-state index is 9.26. The van der Waals surface area contributed by atoms with Gasteiger partial charge in [0.2, 0.25) is 0 Å². The van der Waals surface area contributed by atoms with Gasteiger partial charge < -0.3 is 5.11 Å². The third kappa shape index (κ3) is 5.54. The predicted molar refractivity (Wildman–Crippen MR) is 88.9 cm³/mol. The summed E-state index contributed by atoms with van der Waals surface area (Å²) in [5.41, 5.74) is 3.79. The molecular weight excluding hydrogens is 258 g/mol. The zero-order chi connectivity index (χ0) is 14.9. The average Bonchev–Trinajstić information content (AvgIpc) is 2.49. The maximum Gasteiger partial charge on any atom is 0.0558 e. The van der Waals surface area contributed by atoms with Gasteiger partial charge in [0.1, 0.15) is 0 Å². The van der Waals surface area contributed by atoms with Gasteiger partial charge >= 0.3 is 0 Å². The Morgan fingerprint density at radius 2 is 1.62 bits per heavy atom. The van der Waals surface area contributed by atoms with Gasteiger partial charge in [0.05, 0.1) is 6.61 Å². The van der Waals surface area contributed by atoms with Gasteiger partial charge in [0.25, 0.3) is 0 Å². The van der Waals surface area contributed by atoms with E-state index in [2.05, 4.69) is 66.4 Å². The number of nitrogens with zero attached hydrogens (tertiary/aromatic N) is 1. The highest BCUT2D eigenvalue weighted by molar-refractivity contribution is 5.52. The van der Waals surface area contributed by atoms with E-state index in [0.29, 0.717) is 6.54 Å². The molecule has 1 N–H and O–H groups in total. The highest BCUT2D eigenvalue weighted by atomic mass is 16.3. The SMILES string of the molecule is CC(=Cc1ccccc1)CN(CCO)Cc1ccccc1. The van der Waals surface area contributed by atoms with E-state index in [0.717, 1.165) is 13.1 Å². The van der Waals surface area contributed by atoms with Crippen molar-refractivity contribution in [1.29, 1.82) is 0 Å². The third-order valence-electron chi connectivity index (χ3n) is 3.35. The zero-order valence-corrected chi connectivity index (χ0v) is 12.6. The van der Waals surface area contributed by atoms with Crippen LogP contribution in [-0.4, -0.2) is 29.7 Å². The summed E-state index contributed by atoms with van der Waals surface area (Å²) in [6.45, 7) is 4.74. The number of aliphatic hydroxyl groups is 1. The second kappa shape index (κ2) is 8.40. The monoisotopic (exact) mass is 281 g/mol. The van der Waals surface area contributed by atoms with E-state index < -0.39 is 0 Å². The lowest BCUT2D eigenvalue weighted by molar-refractivity contribution is 0.201. The number of rotatable bonds is 7. The van der Waals surface area contributed by atoms with Crippen LogP contribution in [0.3, 0.4) is 0 Å². The van der Waals surface area contributed by atoms with Crippen molar-refractivity contribution in [3.8, 4) is 0 Å². The topological polar surface area (TPSA) is 23.5 Å². The molecule has 21 heavy (non-hydrogen) atoms. The molecule has 0 aliphatic carbocycles. The highest BCUT2D eigenvalue weighted by Crippen LogP contribution is 2.10. The van der Waals surface area contributed by atoms with E-state index in [-0.39, 0.29) is 6.61 Å². The Morgan fingerprint density at radius 1 is 1.00 bits per heavy atom. The Balaban J connectivity index is 2.00. The lowest BCUT2D eigenvalue weighted by Gasteiger charge is -2.22. The molecule has 0 saturated carbocycles. The summed E-state index contributed by atoms with van der Waals surface area (Å²) < 4.78 is 0. The summed E-state index contributed by atoms with van der Waals surface area (Å²) in [4.78, 5) is 2.27. The van der Waals surface area contributed by atoms with Gasteiger partial charge in [-0.15, -0.1) is 0 Å². The van der Waals surface area contributed by atoms with Crippen LogP contribution in [0.4, 0.5) is 0 Å². The van der Waals surface area contributed by atoms with Crippen molar-refractivity contribution < 1.29 is 5.11 Å². The van der Waals surface area contributed by atoms with Gasteiger partial charge in [-0.05, 0) is 18.1 Å². The number of aliphatic hydroxyl groups excluding tert-OH is 1. The van der Waals surface area contributed by atoms with Crippen molar-refractivity contribution in [3.05, 3.63) is 77.4 Å². The van der Waals surface area contributed by atoms with Crippen molar-refractivity contribution in [1.82, 2.24) is 4.90 Å². The summed E-state index contributed by atoms with van der Waals surface area (Å²) >= 11 is 0. The van der Waals surface area contributed by atoms with E-state index in [9.17, 15) is 5.11 Å². The molecule has 110 valence electrons. The van der Waals surface area contributed by atoms with E-state index in [1.807, 2.05) is 12.1 Å². The lowest BCUT2D eigenvalue weighted by atomic mass is 10.1. The zero-order valence-electron chi connectivity index (χ0n) is 12.6. The van der Waals surface area contributed by atoms with Crippen molar-refractivity contribution in [2.75, 3.05) is 19.7 Å². The molecule has 0 unspecified atom stereocenters. The van der Waals surface area contributed by atoms with E-state index in [4.69, 9.17) is 0 Å². The minimum absolute atomic E-state index is 0.186. The van der Waals surface area contributed by atoms with Gasteiger partial charge in [0, 0.05) is 19.6 Å². The Morgan fingerprint density at radius 3 is 2.24 bits per heavy atom. The summed E-state index contributed by atoms with van der Waals surface area (Å²) in [6, 6.07) is 20.7. The fourth-order valence-corrected chi connectivity index (χ4v) is 2.43. The van der Waals surface area contributed by atoms with Crippen LogP contribution >= 0.6 is 0 Å². The lowest BCUT2D eigenvalue weighted by Crippen LogP contribution is -2.28. The normalized spacial score (nSPS) is 11.9. The molecule has 2 heteroatoms. The summed E-state index contributed by atoms with van der Waals surface area (Å²) in [5, 5.41) is 9.26. The van der Waals surface area contributed by atoms with Gasteiger partial charge in [-0.2, -0.15) is 0 Å². The minimum Gasteiger partial charge on any atom is -0.395 e. The number of hydrogen-bond acceptors (Lipinski definition) is 2. The highest BCUT2D eigenvalue weighted by Gasteiger charge is 2.06. The molecular formula is C19H23NO. The number of hydrogen-bond donors (Lipinski definition) is 1. The molecule has 0 amide bonds. The van der Waals surface area contributed by atoms with Crippen LogP contribution in [0.25, 0.3) is 6.08 Å². The molecule has 0 aromatic heterocycles. The largest absolute Gasteiger partial charge is 0.395 e.